The van der Waals surface area contributed by atoms with Gasteiger partial charge in [-0.15, -0.1) is 0 Å². The Bertz CT molecular complexity index is 202. The first-order valence-electron chi connectivity index (χ1n) is 3.70. The van der Waals surface area contributed by atoms with Crippen molar-refractivity contribution in [2.45, 2.75) is 25.0 Å². The lowest BCUT2D eigenvalue weighted by Crippen LogP contribution is -2.39. The number of hydrogen-bond acceptors (Lipinski definition) is 4. The highest BCUT2D eigenvalue weighted by atomic mass is 16.6. The van der Waals surface area contributed by atoms with Crippen molar-refractivity contribution in [2.24, 2.45) is 0 Å². The molecule has 2 N–H and O–H groups in total. The molecule has 1 rings (SSSR count). The molecule has 0 aliphatic heterocycles. The first-order chi connectivity index (χ1) is 5.59. The molecule has 0 heterocycles. The number of aliphatic hydroxyl groups excluding tert-OH is 1. The summed E-state index contributed by atoms with van der Waals surface area (Å²) in [7, 11) is 0. The number of carbonyl (C=O) groups excluding carboxylic acids is 1. The number of rotatable bonds is 4. The molecule has 0 spiro atoms. The van der Waals surface area contributed by atoms with Gasteiger partial charge < -0.3 is 10.4 Å². The third-order valence-electron chi connectivity index (χ3n) is 1.55. The van der Waals surface area contributed by atoms with Crippen LogP contribution in [0.25, 0.3) is 0 Å². The first-order valence-corrected chi connectivity index (χ1v) is 3.70. The van der Waals surface area contributed by atoms with Crippen molar-refractivity contribution in [3.8, 4) is 0 Å². The van der Waals surface area contributed by atoms with Crippen LogP contribution in [0.1, 0.15) is 12.8 Å². The summed E-state index contributed by atoms with van der Waals surface area (Å²) < 4.78 is 0. The maximum atomic E-state index is 10.9. The van der Waals surface area contributed by atoms with Crippen LogP contribution < -0.4 is 5.32 Å². The van der Waals surface area contributed by atoms with Crippen LogP contribution in [0.5, 0.6) is 0 Å². The Morgan fingerprint density at radius 3 is 2.75 bits per heavy atom. The molecule has 0 aromatic rings. The van der Waals surface area contributed by atoms with E-state index in [4.69, 9.17) is 5.11 Å². The largest absolute Gasteiger partial charge is 0.377 e. The molecule has 1 unspecified atom stereocenters. The van der Waals surface area contributed by atoms with Gasteiger partial charge in [0.1, 0.15) is 0 Å². The lowest BCUT2D eigenvalue weighted by molar-refractivity contribution is -0.487. The van der Waals surface area contributed by atoms with Gasteiger partial charge in [0.05, 0.1) is 0 Å². The lowest BCUT2D eigenvalue weighted by atomic mass is 10.3. The second-order valence-electron chi connectivity index (χ2n) is 2.81. The van der Waals surface area contributed by atoms with E-state index in [0.29, 0.717) is 0 Å². The zero-order valence-electron chi connectivity index (χ0n) is 6.40. The Hall–Kier alpha value is -1.17. The van der Waals surface area contributed by atoms with E-state index in [-0.39, 0.29) is 6.04 Å². The predicted molar refractivity (Wildman–Crippen MR) is 39.0 cm³/mol. The molecular formula is C6H10N2O4. The maximum Gasteiger partial charge on any atom is 0.255 e. The van der Waals surface area contributed by atoms with E-state index in [1.165, 1.54) is 0 Å². The molecule has 0 saturated heterocycles. The smallest absolute Gasteiger partial charge is 0.255 e. The average molecular weight is 174 g/mol. The molecule has 1 aliphatic rings. The Morgan fingerprint density at radius 2 is 2.33 bits per heavy atom. The number of hydrogen-bond donors (Lipinski definition) is 2. The molecule has 1 aliphatic carbocycles. The fraction of sp³-hybridized carbons (Fsp3) is 0.833. The fourth-order valence-electron chi connectivity index (χ4n) is 0.749. The topological polar surface area (TPSA) is 92.5 Å². The van der Waals surface area contributed by atoms with Gasteiger partial charge in [-0.25, -0.2) is 0 Å². The summed E-state index contributed by atoms with van der Waals surface area (Å²) in [4.78, 5) is 20.0. The summed E-state index contributed by atoms with van der Waals surface area (Å²) in [6.45, 7) is -0.724. The molecular weight excluding hydrogens is 164 g/mol. The van der Waals surface area contributed by atoms with Crippen molar-refractivity contribution in [3.05, 3.63) is 10.1 Å². The van der Waals surface area contributed by atoms with Crippen molar-refractivity contribution in [3.63, 3.8) is 0 Å². The third kappa shape index (κ3) is 2.83. The van der Waals surface area contributed by atoms with E-state index < -0.39 is 23.5 Å². The number of carbonyl (C=O) groups is 1. The van der Waals surface area contributed by atoms with Crippen LogP contribution in [-0.4, -0.2) is 34.6 Å². The summed E-state index contributed by atoms with van der Waals surface area (Å²) in [5.41, 5.74) is 0. The normalized spacial score (nSPS) is 18.4. The minimum Gasteiger partial charge on any atom is -0.377 e. The quantitative estimate of drug-likeness (QED) is 0.418. The Labute approximate surface area is 68.7 Å². The molecule has 68 valence electrons. The van der Waals surface area contributed by atoms with Crippen molar-refractivity contribution in [1.82, 2.24) is 5.32 Å². The van der Waals surface area contributed by atoms with Crippen molar-refractivity contribution in [2.75, 3.05) is 6.54 Å². The van der Waals surface area contributed by atoms with E-state index in [1.54, 1.807) is 0 Å². The highest BCUT2D eigenvalue weighted by Crippen LogP contribution is 2.18. The van der Waals surface area contributed by atoms with Gasteiger partial charge >= 0.3 is 0 Å². The number of aliphatic hydroxyl groups is 1. The van der Waals surface area contributed by atoms with E-state index in [2.05, 4.69) is 5.32 Å². The molecule has 1 amide bonds. The molecule has 1 fully saturated rings. The molecule has 0 aromatic carbocycles. The van der Waals surface area contributed by atoms with Gasteiger partial charge in [-0.2, -0.15) is 0 Å². The SMILES string of the molecule is O=C(NC1CC1)C(O)C[N+](=O)[O-]. The molecule has 0 aromatic heterocycles. The first kappa shape index (κ1) is 8.92. The average Bonchev–Trinajstić information content (AvgIpc) is 2.70. The Morgan fingerprint density at radius 1 is 1.75 bits per heavy atom. The van der Waals surface area contributed by atoms with Crippen molar-refractivity contribution in [1.29, 1.82) is 0 Å². The zero-order chi connectivity index (χ0) is 9.14. The summed E-state index contributed by atoms with van der Waals surface area (Å²) in [5.74, 6) is -0.644. The molecule has 12 heavy (non-hydrogen) atoms. The van der Waals surface area contributed by atoms with Crippen molar-refractivity contribution >= 4 is 5.91 Å². The molecule has 6 nitrogen and oxygen atoms in total. The van der Waals surface area contributed by atoms with Crippen LogP contribution in [0.3, 0.4) is 0 Å². The van der Waals surface area contributed by atoms with Gasteiger partial charge in [-0.05, 0) is 12.8 Å². The molecule has 6 heteroatoms. The minimum absolute atomic E-state index is 0.124. The van der Waals surface area contributed by atoms with Gasteiger partial charge in [0.2, 0.25) is 6.54 Å². The van der Waals surface area contributed by atoms with Crippen LogP contribution in [0.15, 0.2) is 0 Å². The summed E-state index contributed by atoms with van der Waals surface area (Å²) in [6, 6.07) is 0.124. The fourth-order valence-corrected chi connectivity index (χ4v) is 0.749. The van der Waals surface area contributed by atoms with Gasteiger partial charge in [-0.3, -0.25) is 14.9 Å². The summed E-state index contributed by atoms with van der Waals surface area (Å²) in [6.07, 6.45) is 0.286. The lowest BCUT2D eigenvalue weighted by Gasteiger charge is -2.05. The summed E-state index contributed by atoms with van der Waals surface area (Å²) >= 11 is 0. The van der Waals surface area contributed by atoms with Gasteiger partial charge in [0.15, 0.2) is 6.10 Å². The number of nitrogens with zero attached hydrogens (tertiary/aromatic N) is 1. The highest BCUT2D eigenvalue weighted by Gasteiger charge is 2.28. The standard InChI is InChI=1S/C6H10N2O4/c9-5(3-8(11)12)6(10)7-4-1-2-4/h4-5,9H,1-3H2,(H,7,10). The van der Waals surface area contributed by atoms with Crippen molar-refractivity contribution < 1.29 is 14.8 Å². The van der Waals surface area contributed by atoms with Crippen LogP contribution in [0.4, 0.5) is 0 Å². The molecule has 0 radical (unpaired) electrons. The monoisotopic (exact) mass is 174 g/mol. The van der Waals surface area contributed by atoms with E-state index in [0.717, 1.165) is 12.8 Å². The number of nitrogens with one attached hydrogen (secondary N) is 1. The predicted octanol–water partition coefficient (Wildman–Crippen LogP) is -1.10. The summed E-state index contributed by atoms with van der Waals surface area (Å²) in [5, 5.41) is 21.3. The van der Waals surface area contributed by atoms with E-state index in [9.17, 15) is 14.9 Å². The Balaban J connectivity index is 2.24. The zero-order valence-corrected chi connectivity index (χ0v) is 6.40. The van der Waals surface area contributed by atoms with Crippen LogP contribution in [-0.2, 0) is 4.79 Å². The number of nitro groups is 1. The molecule has 1 saturated carbocycles. The second-order valence-corrected chi connectivity index (χ2v) is 2.81. The van der Waals surface area contributed by atoms with Crippen LogP contribution >= 0.6 is 0 Å². The Kier molecular flexibility index (Phi) is 2.59. The van der Waals surface area contributed by atoms with E-state index in [1.807, 2.05) is 0 Å². The third-order valence-corrected chi connectivity index (χ3v) is 1.55. The minimum atomic E-state index is -1.51. The van der Waals surface area contributed by atoms with Crippen LogP contribution in [0.2, 0.25) is 0 Å². The van der Waals surface area contributed by atoms with Gasteiger partial charge in [0, 0.05) is 11.0 Å². The van der Waals surface area contributed by atoms with Gasteiger partial charge in [-0.1, -0.05) is 0 Å². The maximum absolute atomic E-state index is 10.9. The molecule has 1 atom stereocenters. The second kappa shape index (κ2) is 3.48. The van der Waals surface area contributed by atoms with E-state index >= 15 is 0 Å². The molecule has 0 bridgehead atoms. The van der Waals surface area contributed by atoms with Gasteiger partial charge in [0.25, 0.3) is 5.91 Å². The highest BCUT2D eigenvalue weighted by molar-refractivity contribution is 5.81. The van der Waals surface area contributed by atoms with Crippen LogP contribution in [0, 0.1) is 10.1 Å². The number of amides is 1.